The number of nitrogens with one attached hydrogen (secondary N) is 2. The third-order valence-electron chi connectivity index (χ3n) is 2.70. The van der Waals surface area contributed by atoms with Gasteiger partial charge in [-0.25, -0.2) is 0 Å². The topological polar surface area (TPSA) is 41.1 Å². The van der Waals surface area contributed by atoms with Gasteiger partial charge in [0, 0.05) is 18.3 Å². The molecule has 1 rings (SSSR count). The summed E-state index contributed by atoms with van der Waals surface area (Å²) in [7, 11) is 0. The maximum absolute atomic E-state index is 12.2. The number of amides is 1. The van der Waals surface area contributed by atoms with E-state index in [0.29, 0.717) is 17.8 Å². The SMILES string of the molecule is CCNc1cc(C)ccc1C(=O)NC(C)CC(F)(F)F. The van der Waals surface area contributed by atoms with Gasteiger partial charge in [-0.3, -0.25) is 4.79 Å². The molecule has 0 aromatic heterocycles. The third-order valence-corrected chi connectivity index (χ3v) is 2.70. The highest BCUT2D eigenvalue weighted by Crippen LogP contribution is 2.22. The highest BCUT2D eigenvalue weighted by atomic mass is 19.4. The lowest BCUT2D eigenvalue weighted by atomic mass is 10.1. The largest absolute Gasteiger partial charge is 0.391 e. The van der Waals surface area contributed by atoms with E-state index in [1.54, 1.807) is 18.2 Å². The van der Waals surface area contributed by atoms with Gasteiger partial charge in [0.1, 0.15) is 0 Å². The average Bonchev–Trinajstić information content (AvgIpc) is 2.26. The Balaban J connectivity index is 2.81. The minimum Gasteiger partial charge on any atom is -0.385 e. The third kappa shape index (κ3) is 5.11. The second kappa shape index (κ2) is 6.63. The second-order valence-electron chi connectivity index (χ2n) is 4.77. The van der Waals surface area contributed by atoms with Gasteiger partial charge in [0.2, 0.25) is 0 Å². The normalized spacial score (nSPS) is 12.9. The van der Waals surface area contributed by atoms with E-state index in [2.05, 4.69) is 10.6 Å². The molecule has 0 aliphatic rings. The van der Waals surface area contributed by atoms with Crippen LogP contribution in [-0.2, 0) is 0 Å². The maximum Gasteiger partial charge on any atom is 0.391 e. The van der Waals surface area contributed by atoms with Crippen molar-refractivity contribution in [3.05, 3.63) is 29.3 Å². The van der Waals surface area contributed by atoms with Crippen LogP contribution in [0.15, 0.2) is 18.2 Å². The predicted molar refractivity (Wildman–Crippen MR) is 72.9 cm³/mol. The summed E-state index contributed by atoms with van der Waals surface area (Å²) in [4.78, 5) is 12.0. The molecule has 0 bridgehead atoms. The lowest BCUT2D eigenvalue weighted by Crippen LogP contribution is -2.36. The highest BCUT2D eigenvalue weighted by molar-refractivity contribution is 5.99. The summed E-state index contributed by atoms with van der Waals surface area (Å²) >= 11 is 0. The lowest BCUT2D eigenvalue weighted by Gasteiger charge is -2.17. The molecule has 0 spiro atoms. The van der Waals surface area contributed by atoms with Gasteiger partial charge in [0.05, 0.1) is 12.0 Å². The number of alkyl halides is 3. The number of aryl methyl sites for hydroxylation is 1. The number of anilines is 1. The molecule has 1 amide bonds. The Bertz CT molecular complexity index is 472. The predicted octanol–water partition coefficient (Wildman–Crippen LogP) is 3.50. The summed E-state index contributed by atoms with van der Waals surface area (Å²) in [5.74, 6) is -0.502. The second-order valence-corrected chi connectivity index (χ2v) is 4.77. The first-order valence-electron chi connectivity index (χ1n) is 6.45. The molecule has 0 aliphatic heterocycles. The van der Waals surface area contributed by atoms with E-state index in [1.807, 2.05) is 13.8 Å². The number of carbonyl (C=O) groups is 1. The fourth-order valence-corrected chi connectivity index (χ4v) is 1.89. The Morgan fingerprint density at radius 1 is 1.35 bits per heavy atom. The molecule has 112 valence electrons. The van der Waals surface area contributed by atoms with E-state index < -0.39 is 24.5 Å². The van der Waals surface area contributed by atoms with Crippen molar-refractivity contribution in [3.63, 3.8) is 0 Å². The molecule has 1 aromatic carbocycles. The van der Waals surface area contributed by atoms with Crippen molar-refractivity contribution in [1.29, 1.82) is 0 Å². The van der Waals surface area contributed by atoms with Crippen molar-refractivity contribution < 1.29 is 18.0 Å². The van der Waals surface area contributed by atoms with Crippen LogP contribution in [0.4, 0.5) is 18.9 Å². The van der Waals surface area contributed by atoms with Crippen LogP contribution in [-0.4, -0.2) is 24.7 Å². The van der Waals surface area contributed by atoms with Gasteiger partial charge in [-0.05, 0) is 38.5 Å². The van der Waals surface area contributed by atoms with Gasteiger partial charge in [-0.1, -0.05) is 6.07 Å². The zero-order valence-electron chi connectivity index (χ0n) is 11.8. The first-order chi connectivity index (χ1) is 9.23. The Hall–Kier alpha value is -1.72. The quantitative estimate of drug-likeness (QED) is 0.870. The van der Waals surface area contributed by atoms with Crippen molar-refractivity contribution in [1.82, 2.24) is 5.32 Å². The molecule has 6 heteroatoms. The van der Waals surface area contributed by atoms with Crippen molar-refractivity contribution in [3.8, 4) is 0 Å². The number of rotatable bonds is 5. The number of halogens is 3. The van der Waals surface area contributed by atoms with Gasteiger partial charge in [-0.2, -0.15) is 13.2 Å². The van der Waals surface area contributed by atoms with Crippen LogP contribution in [0.25, 0.3) is 0 Å². The summed E-state index contributed by atoms with van der Waals surface area (Å²) in [6.45, 7) is 5.74. The Morgan fingerprint density at radius 2 is 2.00 bits per heavy atom. The molecule has 0 radical (unpaired) electrons. The van der Waals surface area contributed by atoms with Gasteiger partial charge >= 0.3 is 6.18 Å². The summed E-state index contributed by atoms with van der Waals surface area (Å²) < 4.78 is 36.7. The van der Waals surface area contributed by atoms with E-state index in [0.717, 1.165) is 5.56 Å². The van der Waals surface area contributed by atoms with E-state index in [-0.39, 0.29) is 0 Å². The van der Waals surface area contributed by atoms with Crippen LogP contribution >= 0.6 is 0 Å². The summed E-state index contributed by atoms with van der Waals surface area (Å²) in [5.41, 5.74) is 1.96. The molecule has 1 unspecified atom stereocenters. The summed E-state index contributed by atoms with van der Waals surface area (Å²) in [6, 6.07) is 4.21. The van der Waals surface area contributed by atoms with Crippen LogP contribution in [0.1, 0.15) is 36.2 Å². The average molecular weight is 288 g/mol. The zero-order valence-corrected chi connectivity index (χ0v) is 11.8. The fourth-order valence-electron chi connectivity index (χ4n) is 1.89. The minimum atomic E-state index is -4.29. The van der Waals surface area contributed by atoms with Gasteiger partial charge in [-0.15, -0.1) is 0 Å². The zero-order chi connectivity index (χ0) is 15.3. The molecular weight excluding hydrogens is 269 g/mol. The monoisotopic (exact) mass is 288 g/mol. The van der Waals surface area contributed by atoms with Crippen LogP contribution in [0.3, 0.4) is 0 Å². The van der Waals surface area contributed by atoms with Crippen LogP contribution < -0.4 is 10.6 Å². The number of hydrogen-bond acceptors (Lipinski definition) is 2. The maximum atomic E-state index is 12.2. The number of hydrogen-bond donors (Lipinski definition) is 2. The van der Waals surface area contributed by atoms with Gasteiger partial charge in [0.15, 0.2) is 0 Å². The van der Waals surface area contributed by atoms with Gasteiger partial charge < -0.3 is 10.6 Å². The molecule has 1 atom stereocenters. The molecule has 0 aliphatic carbocycles. The van der Waals surface area contributed by atoms with Crippen LogP contribution in [0.5, 0.6) is 0 Å². The lowest BCUT2D eigenvalue weighted by molar-refractivity contribution is -0.138. The van der Waals surface area contributed by atoms with Gasteiger partial charge in [0.25, 0.3) is 5.91 Å². The van der Waals surface area contributed by atoms with Crippen molar-refractivity contribution in [2.75, 3.05) is 11.9 Å². The Morgan fingerprint density at radius 3 is 2.55 bits per heavy atom. The number of benzene rings is 1. The Labute approximate surface area is 116 Å². The standard InChI is InChI=1S/C14H19F3N2O/c1-4-18-12-7-9(2)5-6-11(12)13(20)19-10(3)8-14(15,16)17/h5-7,10,18H,4,8H2,1-3H3,(H,19,20). The Kier molecular flexibility index (Phi) is 5.42. The first-order valence-corrected chi connectivity index (χ1v) is 6.45. The molecule has 1 aromatic rings. The van der Waals surface area contributed by atoms with E-state index in [1.165, 1.54) is 6.92 Å². The van der Waals surface area contributed by atoms with E-state index in [9.17, 15) is 18.0 Å². The molecule has 3 nitrogen and oxygen atoms in total. The van der Waals surface area contributed by atoms with Crippen molar-refractivity contribution in [2.45, 2.75) is 39.4 Å². The first kappa shape index (κ1) is 16.3. The highest BCUT2D eigenvalue weighted by Gasteiger charge is 2.30. The molecule has 0 fully saturated rings. The smallest absolute Gasteiger partial charge is 0.385 e. The fraction of sp³-hybridized carbons (Fsp3) is 0.500. The molecule has 20 heavy (non-hydrogen) atoms. The molecular formula is C14H19F3N2O. The van der Waals surface area contributed by atoms with Crippen LogP contribution in [0.2, 0.25) is 0 Å². The molecule has 2 N–H and O–H groups in total. The summed E-state index contributed by atoms with van der Waals surface area (Å²) in [6.07, 6.45) is -5.33. The minimum absolute atomic E-state index is 0.353. The molecule has 0 saturated heterocycles. The molecule has 0 saturated carbocycles. The van der Waals surface area contributed by atoms with Crippen molar-refractivity contribution in [2.24, 2.45) is 0 Å². The van der Waals surface area contributed by atoms with Crippen LogP contribution in [0, 0.1) is 6.92 Å². The van der Waals surface area contributed by atoms with Crippen molar-refractivity contribution >= 4 is 11.6 Å². The van der Waals surface area contributed by atoms with E-state index >= 15 is 0 Å². The van der Waals surface area contributed by atoms with E-state index in [4.69, 9.17) is 0 Å². The molecule has 0 heterocycles. The number of carbonyl (C=O) groups excluding carboxylic acids is 1. The summed E-state index contributed by atoms with van der Waals surface area (Å²) in [5, 5.41) is 5.41.